The second kappa shape index (κ2) is 11.1. The van der Waals surface area contributed by atoms with E-state index >= 15 is 0 Å². The lowest BCUT2D eigenvalue weighted by molar-refractivity contribution is 0.268. The van der Waals surface area contributed by atoms with Gasteiger partial charge < -0.3 is 15.2 Å². The van der Waals surface area contributed by atoms with Crippen LogP contribution in [0.2, 0.25) is 0 Å². The Morgan fingerprint density at radius 3 is 2.50 bits per heavy atom. The van der Waals surface area contributed by atoms with Gasteiger partial charge in [0.2, 0.25) is 0 Å². The molecule has 3 nitrogen and oxygen atoms in total. The predicted octanol–water partition coefficient (Wildman–Crippen LogP) is 4.62. The highest BCUT2D eigenvalue weighted by atomic mass is 16.5. The first-order valence-corrected chi connectivity index (χ1v) is 8.49. The maximum Gasteiger partial charge on any atom is 0.164 e. The van der Waals surface area contributed by atoms with Gasteiger partial charge in [0, 0.05) is 12.1 Å². The van der Waals surface area contributed by atoms with E-state index in [1.54, 1.807) is 0 Å². The Labute approximate surface area is 135 Å². The van der Waals surface area contributed by atoms with Crippen molar-refractivity contribution >= 4 is 0 Å². The number of ether oxygens (including phenoxy) is 2. The van der Waals surface area contributed by atoms with E-state index in [2.05, 4.69) is 19.6 Å². The monoisotopic (exact) mass is 305 g/mol. The van der Waals surface area contributed by atoms with Crippen molar-refractivity contribution in [1.82, 2.24) is 0 Å². The fraction of sp³-hybridized carbons (Fsp3) is 0.579. The minimum absolute atomic E-state index is 0.502. The number of hydrogen-bond donors (Lipinski definition) is 1. The van der Waals surface area contributed by atoms with Crippen molar-refractivity contribution in [2.45, 2.75) is 58.9 Å². The van der Waals surface area contributed by atoms with Crippen molar-refractivity contribution in [1.29, 1.82) is 0 Å². The first-order chi connectivity index (χ1) is 10.8. The summed E-state index contributed by atoms with van der Waals surface area (Å²) < 4.78 is 11.8. The Hall–Kier alpha value is -1.48. The average Bonchev–Trinajstić information content (AvgIpc) is 2.52. The summed E-state index contributed by atoms with van der Waals surface area (Å²) in [6, 6.07) is 4.08. The van der Waals surface area contributed by atoms with Gasteiger partial charge in [-0.25, -0.2) is 0 Å². The SMILES string of the molecule is C=CCc1cc(CN)cc(OCC)c1OCCCCCCC. The van der Waals surface area contributed by atoms with Crippen molar-refractivity contribution in [3.8, 4) is 11.5 Å². The zero-order valence-corrected chi connectivity index (χ0v) is 14.2. The van der Waals surface area contributed by atoms with Crippen molar-refractivity contribution in [2.75, 3.05) is 13.2 Å². The first kappa shape index (κ1) is 18.6. The lowest BCUT2D eigenvalue weighted by Crippen LogP contribution is -2.06. The summed E-state index contributed by atoms with van der Waals surface area (Å²) in [5.74, 6) is 1.66. The summed E-state index contributed by atoms with van der Waals surface area (Å²) >= 11 is 0. The van der Waals surface area contributed by atoms with Crippen molar-refractivity contribution in [3.05, 3.63) is 35.9 Å². The van der Waals surface area contributed by atoms with Crippen LogP contribution in [0.15, 0.2) is 24.8 Å². The molecule has 0 heterocycles. The van der Waals surface area contributed by atoms with Gasteiger partial charge in [0.05, 0.1) is 13.2 Å². The molecule has 0 amide bonds. The minimum atomic E-state index is 0.502. The Morgan fingerprint density at radius 2 is 1.86 bits per heavy atom. The zero-order valence-electron chi connectivity index (χ0n) is 14.2. The Balaban J connectivity index is 2.77. The van der Waals surface area contributed by atoms with Crippen molar-refractivity contribution in [2.24, 2.45) is 5.73 Å². The summed E-state index contributed by atoms with van der Waals surface area (Å²) in [5, 5.41) is 0. The van der Waals surface area contributed by atoms with E-state index in [1.165, 1.54) is 25.7 Å². The standard InChI is InChI=1S/C19H31NO2/c1-4-7-8-9-10-12-22-19-17(11-5-2)13-16(15-20)14-18(19)21-6-3/h5,13-14H,2,4,6-12,15,20H2,1,3H3. The molecular formula is C19H31NO2. The van der Waals surface area contributed by atoms with Crippen molar-refractivity contribution in [3.63, 3.8) is 0 Å². The van der Waals surface area contributed by atoms with Crippen molar-refractivity contribution < 1.29 is 9.47 Å². The van der Waals surface area contributed by atoms with E-state index in [4.69, 9.17) is 15.2 Å². The lowest BCUT2D eigenvalue weighted by atomic mass is 10.1. The summed E-state index contributed by atoms with van der Waals surface area (Å²) in [7, 11) is 0. The van der Waals surface area contributed by atoms with E-state index in [-0.39, 0.29) is 0 Å². The average molecular weight is 305 g/mol. The van der Waals surface area contributed by atoms with Crippen LogP contribution < -0.4 is 15.2 Å². The molecule has 0 saturated carbocycles. The normalized spacial score (nSPS) is 10.5. The first-order valence-electron chi connectivity index (χ1n) is 8.49. The Morgan fingerprint density at radius 1 is 1.09 bits per heavy atom. The molecule has 1 aromatic rings. The molecule has 0 atom stereocenters. The molecule has 0 fully saturated rings. The van der Waals surface area contributed by atoms with Crippen LogP contribution in [0, 0.1) is 0 Å². The van der Waals surface area contributed by atoms with Gasteiger partial charge in [0.1, 0.15) is 0 Å². The maximum absolute atomic E-state index is 6.04. The molecule has 2 N–H and O–H groups in total. The summed E-state index contributed by atoms with van der Waals surface area (Å²) in [5.41, 5.74) is 7.95. The fourth-order valence-electron chi connectivity index (χ4n) is 2.45. The molecule has 124 valence electrons. The summed E-state index contributed by atoms with van der Waals surface area (Å²) in [6.07, 6.45) is 8.80. The third-order valence-electron chi connectivity index (χ3n) is 3.59. The Bertz CT molecular complexity index is 443. The quantitative estimate of drug-likeness (QED) is 0.452. The number of nitrogens with two attached hydrogens (primary N) is 1. The smallest absolute Gasteiger partial charge is 0.164 e. The second-order valence-electron chi connectivity index (χ2n) is 5.47. The number of benzene rings is 1. The highest BCUT2D eigenvalue weighted by molar-refractivity contribution is 5.50. The van der Waals surface area contributed by atoms with Crippen LogP contribution in [0.3, 0.4) is 0 Å². The van der Waals surface area contributed by atoms with Gasteiger partial charge in [0.25, 0.3) is 0 Å². The third kappa shape index (κ3) is 6.10. The molecule has 22 heavy (non-hydrogen) atoms. The molecule has 0 radical (unpaired) electrons. The molecular weight excluding hydrogens is 274 g/mol. The van der Waals surface area contributed by atoms with Gasteiger partial charge in [-0.3, -0.25) is 0 Å². The summed E-state index contributed by atoms with van der Waals surface area (Å²) in [4.78, 5) is 0. The van der Waals surface area contributed by atoms with Gasteiger partial charge >= 0.3 is 0 Å². The molecule has 3 heteroatoms. The second-order valence-corrected chi connectivity index (χ2v) is 5.47. The van der Waals surface area contributed by atoms with Crippen LogP contribution >= 0.6 is 0 Å². The highest BCUT2D eigenvalue weighted by Gasteiger charge is 2.12. The molecule has 0 bridgehead atoms. The van der Waals surface area contributed by atoms with Gasteiger partial charge in [-0.05, 0) is 31.4 Å². The number of hydrogen-bond acceptors (Lipinski definition) is 3. The minimum Gasteiger partial charge on any atom is -0.490 e. The molecule has 0 spiro atoms. The number of allylic oxidation sites excluding steroid dienone is 1. The molecule has 0 unspecified atom stereocenters. The van der Waals surface area contributed by atoms with Crippen LogP contribution in [0.1, 0.15) is 57.1 Å². The molecule has 0 aromatic heterocycles. The van der Waals surface area contributed by atoms with Crippen LogP contribution in [0.4, 0.5) is 0 Å². The van der Waals surface area contributed by atoms with E-state index < -0.39 is 0 Å². The molecule has 0 saturated heterocycles. The highest BCUT2D eigenvalue weighted by Crippen LogP contribution is 2.34. The van der Waals surface area contributed by atoms with Gasteiger partial charge in [-0.1, -0.05) is 44.7 Å². The number of unbranched alkanes of at least 4 members (excludes halogenated alkanes) is 4. The number of rotatable bonds is 12. The van der Waals surface area contributed by atoms with E-state index in [0.29, 0.717) is 13.2 Å². The zero-order chi connectivity index (χ0) is 16.2. The van der Waals surface area contributed by atoms with E-state index in [9.17, 15) is 0 Å². The maximum atomic E-state index is 6.04. The van der Waals surface area contributed by atoms with E-state index in [0.717, 1.165) is 42.1 Å². The molecule has 1 aromatic carbocycles. The molecule has 0 aliphatic heterocycles. The lowest BCUT2D eigenvalue weighted by Gasteiger charge is -2.17. The van der Waals surface area contributed by atoms with Gasteiger partial charge in [0.15, 0.2) is 11.5 Å². The molecule has 0 aliphatic rings. The predicted molar refractivity (Wildman–Crippen MR) is 93.7 cm³/mol. The fourth-order valence-corrected chi connectivity index (χ4v) is 2.45. The Kier molecular flexibility index (Phi) is 9.40. The van der Waals surface area contributed by atoms with E-state index in [1.807, 2.05) is 19.1 Å². The van der Waals surface area contributed by atoms with Crippen LogP contribution in [-0.2, 0) is 13.0 Å². The summed E-state index contributed by atoms with van der Waals surface area (Å²) in [6.45, 7) is 9.89. The van der Waals surface area contributed by atoms with Crippen LogP contribution in [0.5, 0.6) is 11.5 Å². The third-order valence-corrected chi connectivity index (χ3v) is 3.59. The topological polar surface area (TPSA) is 44.5 Å². The van der Waals surface area contributed by atoms with Crippen LogP contribution in [-0.4, -0.2) is 13.2 Å². The largest absolute Gasteiger partial charge is 0.490 e. The molecule has 1 rings (SSSR count). The van der Waals surface area contributed by atoms with Crippen LogP contribution in [0.25, 0.3) is 0 Å². The molecule has 0 aliphatic carbocycles. The van der Waals surface area contributed by atoms with Gasteiger partial charge in [-0.2, -0.15) is 0 Å². The van der Waals surface area contributed by atoms with Gasteiger partial charge in [-0.15, -0.1) is 6.58 Å².